The second kappa shape index (κ2) is 10.5. The standard InChI is InChI=1S/C26H22F5NO/c1-2-3-4-5-15-6-8-17(20(27)10-15)25-24(33)13-23(30)18(26(25)31)9-7-16-11-21(28)19(14-32)22(29)12-16/h6,8,10-13,33H,2-5,7,9H2,1H3. The molecule has 0 saturated heterocycles. The molecule has 33 heavy (non-hydrogen) atoms. The molecule has 0 heterocycles. The van der Waals surface area contributed by atoms with E-state index in [0.717, 1.165) is 37.0 Å². The maximum Gasteiger partial charge on any atom is 0.144 e. The monoisotopic (exact) mass is 459 g/mol. The lowest BCUT2D eigenvalue weighted by Crippen LogP contribution is -2.04. The largest absolute Gasteiger partial charge is 0.507 e. The minimum atomic E-state index is -1.14. The number of aryl methyl sites for hydroxylation is 2. The van der Waals surface area contributed by atoms with Crippen molar-refractivity contribution in [2.45, 2.75) is 45.4 Å². The van der Waals surface area contributed by atoms with Gasteiger partial charge in [-0.3, -0.25) is 0 Å². The first kappa shape index (κ1) is 24.2. The number of rotatable bonds is 8. The van der Waals surface area contributed by atoms with E-state index in [0.29, 0.717) is 12.5 Å². The third kappa shape index (κ3) is 5.33. The molecule has 3 aromatic rings. The van der Waals surface area contributed by atoms with Crippen molar-refractivity contribution in [3.05, 3.63) is 87.7 Å². The summed E-state index contributed by atoms with van der Waals surface area (Å²) in [6, 6.07) is 8.21. The Morgan fingerprint density at radius 1 is 0.788 bits per heavy atom. The van der Waals surface area contributed by atoms with Crippen LogP contribution < -0.4 is 0 Å². The number of hydrogen-bond donors (Lipinski definition) is 1. The number of hydrogen-bond acceptors (Lipinski definition) is 2. The lowest BCUT2D eigenvalue weighted by atomic mass is 9.95. The van der Waals surface area contributed by atoms with Gasteiger partial charge in [-0.15, -0.1) is 0 Å². The highest BCUT2D eigenvalue weighted by molar-refractivity contribution is 5.72. The van der Waals surface area contributed by atoms with E-state index >= 15 is 4.39 Å². The summed E-state index contributed by atoms with van der Waals surface area (Å²) in [6.07, 6.45) is 3.10. The van der Waals surface area contributed by atoms with Crippen LogP contribution in [0, 0.1) is 40.4 Å². The van der Waals surface area contributed by atoms with Crippen LogP contribution in [0.4, 0.5) is 22.0 Å². The van der Waals surface area contributed by atoms with Crippen LogP contribution in [0.2, 0.25) is 0 Å². The molecule has 172 valence electrons. The molecular weight excluding hydrogens is 437 g/mol. The SMILES string of the molecule is CCCCCc1ccc(-c2c(O)cc(F)c(CCc3cc(F)c(C#N)c(F)c3)c2F)c(F)c1. The van der Waals surface area contributed by atoms with Gasteiger partial charge in [-0.25, -0.2) is 22.0 Å². The Morgan fingerprint density at radius 3 is 2.06 bits per heavy atom. The lowest BCUT2D eigenvalue weighted by Gasteiger charge is -2.14. The Hall–Kier alpha value is -3.40. The maximum absolute atomic E-state index is 15.2. The molecule has 0 unspecified atom stereocenters. The molecule has 2 nitrogen and oxygen atoms in total. The Kier molecular flexibility index (Phi) is 7.70. The summed E-state index contributed by atoms with van der Waals surface area (Å²) >= 11 is 0. The van der Waals surface area contributed by atoms with Crippen molar-refractivity contribution >= 4 is 0 Å². The summed E-state index contributed by atoms with van der Waals surface area (Å²) in [7, 11) is 0. The molecule has 0 aromatic heterocycles. The van der Waals surface area contributed by atoms with E-state index < -0.39 is 51.5 Å². The molecular formula is C26H22F5NO. The fraction of sp³-hybridized carbons (Fsp3) is 0.269. The summed E-state index contributed by atoms with van der Waals surface area (Å²) in [6.45, 7) is 2.05. The van der Waals surface area contributed by atoms with E-state index in [1.54, 1.807) is 6.07 Å². The van der Waals surface area contributed by atoms with Gasteiger partial charge in [-0.2, -0.15) is 5.26 Å². The van der Waals surface area contributed by atoms with Gasteiger partial charge in [0.15, 0.2) is 0 Å². The number of nitrogens with zero attached hydrogens (tertiary/aromatic N) is 1. The highest BCUT2D eigenvalue weighted by Gasteiger charge is 2.22. The van der Waals surface area contributed by atoms with E-state index in [2.05, 4.69) is 6.92 Å². The topological polar surface area (TPSA) is 44.0 Å². The van der Waals surface area contributed by atoms with Crippen LogP contribution in [0.3, 0.4) is 0 Å². The van der Waals surface area contributed by atoms with Gasteiger partial charge in [0.1, 0.15) is 46.5 Å². The van der Waals surface area contributed by atoms with Gasteiger partial charge in [-0.1, -0.05) is 31.9 Å². The zero-order valence-corrected chi connectivity index (χ0v) is 18.0. The predicted molar refractivity (Wildman–Crippen MR) is 115 cm³/mol. The van der Waals surface area contributed by atoms with Gasteiger partial charge < -0.3 is 5.11 Å². The number of phenolic OH excluding ortho intramolecular Hbond substituents is 1. The van der Waals surface area contributed by atoms with Gasteiger partial charge in [0.05, 0.1) is 5.56 Å². The molecule has 0 aliphatic carbocycles. The second-order valence-electron chi connectivity index (χ2n) is 7.86. The average Bonchev–Trinajstić information content (AvgIpc) is 2.75. The first-order chi connectivity index (χ1) is 15.8. The highest BCUT2D eigenvalue weighted by Crippen LogP contribution is 2.37. The van der Waals surface area contributed by atoms with Gasteiger partial charge in [-0.05, 0) is 55.0 Å². The van der Waals surface area contributed by atoms with Crippen LogP contribution >= 0.6 is 0 Å². The molecule has 0 aliphatic heterocycles. The van der Waals surface area contributed by atoms with E-state index in [-0.39, 0.29) is 24.0 Å². The number of halogens is 5. The van der Waals surface area contributed by atoms with E-state index in [4.69, 9.17) is 5.26 Å². The van der Waals surface area contributed by atoms with Crippen LogP contribution in [-0.4, -0.2) is 5.11 Å². The van der Waals surface area contributed by atoms with Crippen LogP contribution in [0.25, 0.3) is 11.1 Å². The zero-order chi connectivity index (χ0) is 24.1. The Labute approximate surface area is 188 Å². The number of phenols is 1. The fourth-order valence-electron chi connectivity index (χ4n) is 3.77. The molecule has 1 N–H and O–H groups in total. The average molecular weight is 459 g/mol. The Bertz CT molecular complexity index is 1190. The smallest absolute Gasteiger partial charge is 0.144 e. The van der Waals surface area contributed by atoms with Crippen LogP contribution in [0.15, 0.2) is 36.4 Å². The van der Waals surface area contributed by atoms with Gasteiger partial charge in [0, 0.05) is 17.2 Å². The fourth-order valence-corrected chi connectivity index (χ4v) is 3.77. The minimum Gasteiger partial charge on any atom is -0.507 e. The van der Waals surface area contributed by atoms with Crippen molar-refractivity contribution in [3.63, 3.8) is 0 Å². The Morgan fingerprint density at radius 2 is 1.45 bits per heavy atom. The first-order valence-electron chi connectivity index (χ1n) is 10.6. The summed E-state index contributed by atoms with van der Waals surface area (Å²) in [5, 5.41) is 18.9. The summed E-state index contributed by atoms with van der Waals surface area (Å²) in [5.41, 5.74) is -1.03. The summed E-state index contributed by atoms with van der Waals surface area (Å²) in [5.74, 6) is -5.82. The highest BCUT2D eigenvalue weighted by atomic mass is 19.1. The van der Waals surface area contributed by atoms with Crippen molar-refractivity contribution in [1.29, 1.82) is 5.26 Å². The summed E-state index contributed by atoms with van der Waals surface area (Å²) < 4.78 is 72.1. The normalized spacial score (nSPS) is 10.9. The van der Waals surface area contributed by atoms with E-state index in [1.165, 1.54) is 18.2 Å². The molecule has 0 spiro atoms. The van der Waals surface area contributed by atoms with Crippen molar-refractivity contribution in [2.24, 2.45) is 0 Å². The molecule has 0 aliphatic rings. The van der Waals surface area contributed by atoms with E-state index in [9.17, 15) is 22.7 Å². The van der Waals surface area contributed by atoms with Crippen molar-refractivity contribution in [3.8, 4) is 22.9 Å². The molecule has 0 amide bonds. The minimum absolute atomic E-state index is 0.0973. The van der Waals surface area contributed by atoms with Gasteiger partial charge in [0.2, 0.25) is 0 Å². The molecule has 0 saturated carbocycles. The number of aromatic hydroxyl groups is 1. The molecule has 0 fully saturated rings. The zero-order valence-electron chi connectivity index (χ0n) is 18.0. The molecule has 0 radical (unpaired) electrons. The van der Waals surface area contributed by atoms with Crippen LogP contribution in [-0.2, 0) is 19.3 Å². The number of nitriles is 1. The van der Waals surface area contributed by atoms with Crippen LogP contribution in [0.5, 0.6) is 5.75 Å². The van der Waals surface area contributed by atoms with Crippen molar-refractivity contribution in [1.82, 2.24) is 0 Å². The first-order valence-corrected chi connectivity index (χ1v) is 10.6. The molecule has 0 bridgehead atoms. The summed E-state index contributed by atoms with van der Waals surface area (Å²) in [4.78, 5) is 0. The predicted octanol–water partition coefficient (Wildman–Crippen LogP) is 7.14. The van der Waals surface area contributed by atoms with Crippen molar-refractivity contribution < 1.29 is 27.1 Å². The molecule has 3 rings (SSSR count). The number of benzene rings is 3. The quantitative estimate of drug-likeness (QED) is 0.287. The maximum atomic E-state index is 15.2. The molecule has 3 aromatic carbocycles. The third-order valence-electron chi connectivity index (χ3n) is 5.54. The molecule has 0 atom stereocenters. The Balaban J connectivity index is 1.92. The van der Waals surface area contributed by atoms with Crippen molar-refractivity contribution in [2.75, 3.05) is 0 Å². The lowest BCUT2D eigenvalue weighted by molar-refractivity contribution is 0.458. The van der Waals surface area contributed by atoms with Gasteiger partial charge >= 0.3 is 0 Å². The van der Waals surface area contributed by atoms with Gasteiger partial charge in [0.25, 0.3) is 0 Å². The van der Waals surface area contributed by atoms with Crippen LogP contribution in [0.1, 0.15) is 48.4 Å². The second-order valence-corrected chi connectivity index (χ2v) is 7.86. The van der Waals surface area contributed by atoms with E-state index in [1.807, 2.05) is 0 Å². The third-order valence-corrected chi connectivity index (χ3v) is 5.54. The number of unbranched alkanes of at least 4 members (excludes halogenated alkanes) is 2. The molecule has 7 heteroatoms.